The Labute approximate surface area is 97.5 Å². The summed E-state index contributed by atoms with van der Waals surface area (Å²) in [6.45, 7) is 6.06. The average Bonchev–Trinajstić information content (AvgIpc) is 2.26. The van der Waals surface area contributed by atoms with Gasteiger partial charge in [-0.1, -0.05) is 6.92 Å². The standard InChI is InChI=1S/C12H22N2O2/c1-10-8-13(9-10)12(15)7-11-3-5-14(16-2)6-4-11/h10-11H,3-9H2,1-2H3. The third-order valence-corrected chi connectivity index (χ3v) is 3.71. The highest BCUT2D eigenvalue weighted by Gasteiger charge is 2.29. The van der Waals surface area contributed by atoms with Gasteiger partial charge in [-0.3, -0.25) is 4.79 Å². The van der Waals surface area contributed by atoms with E-state index in [2.05, 4.69) is 6.92 Å². The minimum atomic E-state index is 0.356. The van der Waals surface area contributed by atoms with Crippen LogP contribution >= 0.6 is 0 Å². The molecule has 0 aromatic carbocycles. The number of hydrogen-bond donors (Lipinski definition) is 0. The molecular formula is C12H22N2O2. The van der Waals surface area contributed by atoms with E-state index < -0.39 is 0 Å². The zero-order chi connectivity index (χ0) is 11.5. The molecule has 0 N–H and O–H groups in total. The van der Waals surface area contributed by atoms with E-state index in [9.17, 15) is 4.79 Å². The van der Waals surface area contributed by atoms with Gasteiger partial charge in [0, 0.05) is 32.6 Å². The summed E-state index contributed by atoms with van der Waals surface area (Å²) < 4.78 is 0. The lowest BCUT2D eigenvalue weighted by Gasteiger charge is -2.38. The molecule has 0 aromatic heterocycles. The Morgan fingerprint density at radius 1 is 1.31 bits per heavy atom. The number of hydrogen-bond acceptors (Lipinski definition) is 3. The van der Waals surface area contributed by atoms with Gasteiger partial charge in [0.15, 0.2) is 0 Å². The molecule has 2 rings (SSSR count). The Bertz CT molecular complexity index is 243. The van der Waals surface area contributed by atoms with E-state index in [0.717, 1.165) is 45.4 Å². The lowest BCUT2D eigenvalue weighted by molar-refractivity contribution is -0.152. The molecule has 0 aliphatic carbocycles. The van der Waals surface area contributed by atoms with E-state index in [4.69, 9.17) is 4.84 Å². The monoisotopic (exact) mass is 226 g/mol. The predicted molar refractivity (Wildman–Crippen MR) is 61.7 cm³/mol. The van der Waals surface area contributed by atoms with Crippen LogP contribution in [0, 0.1) is 11.8 Å². The van der Waals surface area contributed by atoms with Crippen LogP contribution < -0.4 is 0 Å². The van der Waals surface area contributed by atoms with Crippen molar-refractivity contribution in [3.05, 3.63) is 0 Å². The third-order valence-electron chi connectivity index (χ3n) is 3.71. The predicted octanol–water partition coefficient (Wildman–Crippen LogP) is 1.13. The topological polar surface area (TPSA) is 32.8 Å². The van der Waals surface area contributed by atoms with E-state index in [-0.39, 0.29) is 0 Å². The van der Waals surface area contributed by atoms with Crippen molar-refractivity contribution in [1.29, 1.82) is 0 Å². The van der Waals surface area contributed by atoms with Crippen LogP contribution in [0.2, 0.25) is 0 Å². The van der Waals surface area contributed by atoms with E-state index >= 15 is 0 Å². The molecule has 0 aromatic rings. The summed E-state index contributed by atoms with van der Waals surface area (Å²) in [7, 11) is 1.72. The number of carbonyl (C=O) groups is 1. The maximum Gasteiger partial charge on any atom is 0.222 e. The van der Waals surface area contributed by atoms with Crippen LogP contribution in [-0.2, 0) is 9.63 Å². The van der Waals surface area contributed by atoms with Crippen molar-refractivity contribution in [3.8, 4) is 0 Å². The summed E-state index contributed by atoms with van der Waals surface area (Å²) in [5.41, 5.74) is 0. The molecule has 4 nitrogen and oxygen atoms in total. The highest BCUT2D eigenvalue weighted by molar-refractivity contribution is 5.77. The largest absolute Gasteiger partial charge is 0.342 e. The van der Waals surface area contributed by atoms with Gasteiger partial charge in [-0.25, -0.2) is 0 Å². The second-order valence-electron chi connectivity index (χ2n) is 5.16. The van der Waals surface area contributed by atoms with Gasteiger partial charge in [-0.05, 0) is 24.7 Å². The van der Waals surface area contributed by atoms with E-state index in [1.807, 2.05) is 9.96 Å². The fourth-order valence-corrected chi connectivity index (χ4v) is 2.57. The molecular weight excluding hydrogens is 204 g/mol. The molecule has 0 saturated carbocycles. The molecule has 92 valence electrons. The Morgan fingerprint density at radius 2 is 1.94 bits per heavy atom. The first-order valence-electron chi connectivity index (χ1n) is 6.26. The molecule has 0 atom stereocenters. The van der Waals surface area contributed by atoms with Gasteiger partial charge in [0.05, 0.1) is 7.11 Å². The van der Waals surface area contributed by atoms with Gasteiger partial charge in [-0.2, -0.15) is 5.06 Å². The lowest BCUT2D eigenvalue weighted by atomic mass is 9.92. The van der Waals surface area contributed by atoms with Crippen LogP contribution in [0.3, 0.4) is 0 Å². The smallest absolute Gasteiger partial charge is 0.222 e. The van der Waals surface area contributed by atoms with E-state index in [1.165, 1.54) is 0 Å². The summed E-state index contributed by atoms with van der Waals surface area (Å²) in [5, 5.41) is 1.98. The number of amides is 1. The highest BCUT2D eigenvalue weighted by Crippen LogP contribution is 2.23. The van der Waals surface area contributed by atoms with Gasteiger partial charge < -0.3 is 9.74 Å². The lowest BCUT2D eigenvalue weighted by Crippen LogP contribution is -2.49. The number of likely N-dealkylation sites (tertiary alicyclic amines) is 1. The Kier molecular flexibility index (Phi) is 3.82. The molecule has 1 amide bonds. The molecule has 2 saturated heterocycles. The van der Waals surface area contributed by atoms with Gasteiger partial charge in [-0.15, -0.1) is 0 Å². The molecule has 2 aliphatic heterocycles. The summed E-state index contributed by atoms with van der Waals surface area (Å²) in [5.74, 6) is 1.63. The fourth-order valence-electron chi connectivity index (χ4n) is 2.57. The summed E-state index contributed by atoms with van der Waals surface area (Å²) in [6, 6.07) is 0. The molecule has 0 unspecified atom stereocenters. The number of hydroxylamine groups is 2. The van der Waals surface area contributed by atoms with E-state index in [0.29, 0.717) is 17.7 Å². The maximum atomic E-state index is 11.9. The Balaban J connectivity index is 1.68. The van der Waals surface area contributed by atoms with Crippen LogP contribution in [0.4, 0.5) is 0 Å². The van der Waals surface area contributed by atoms with Gasteiger partial charge in [0.25, 0.3) is 0 Å². The van der Waals surface area contributed by atoms with Crippen LogP contribution in [-0.4, -0.2) is 49.2 Å². The van der Waals surface area contributed by atoms with Crippen molar-refractivity contribution >= 4 is 5.91 Å². The number of piperidine rings is 1. The quantitative estimate of drug-likeness (QED) is 0.723. The van der Waals surface area contributed by atoms with Crippen LogP contribution in [0.25, 0.3) is 0 Å². The first-order chi connectivity index (χ1) is 7.69. The molecule has 2 heterocycles. The molecule has 16 heavy (non-hydrogen) atoms. The van der Waals surface area contributed by atoms with Gasteiger partial charge in [0.1, 0.15) is 0 Å². The van der Waals surface area contributed by atoms with Crippen molar-refractivity contribution < 1.29 is 9.63 Å². The second kappa shape index (κ2) is 5.15. The van der Waals surface area contributed by atoms with E-state index in [1.54, 1.807) is 7.11 Å². The zero-order valence-electron chi connectivity index (χ0n) is 10.3. The number of carbonyl (C=O) groups excluding carboxylic acids is 1. The number of rotatable bonds is 3. The number of nitrogens with zero attached hydrogens (tertiary/aromatic N) is 2. The van der Waals surface area contributed by atoms with Crippen molar-refractivity contribution in [2.75, 3.05) is 33.3 Å². The van der Waals surface area contributed by atoms with Gasteiger partial charge in [0.2, 0.25) is 5.91 Å². The molecule has 4 heteroatoms. The van der Waals surface area contributed by atoms with Crippen LogP contribution in [0.1, 0.15) is 26.2 Å². The first-order valence-corrected chi connectivity index (χ1v) is 6.26. The summed E-state index contributed by atoms with van der Waals surface area (Å²) in [6.07, 6.45) is 2.91. The minimum Gasteiger partial charge on any atom is -0.342 e. The molecule has 2 aliphatic rings. The van der Waals surface area contributed by atoms with Crippen LogP contribution in [0.5, 0.6) is 0 Å². The van der Waals surface area contributed by atoms with Crippen molar-refractivity contribution in [2.24, 2.45) is 11.8 Å². The van der Waals surface area contributed by atoms with Gasteiger partial charge >= 0.3 is 0 Å². The Morgan fingerprint density at radius 3 is 2.44 bits per heavy atom. The molecule has 0 radical (unpaired) electrons. The summed E-state index contributed by atoms with van der Waals surface area (Å²) in [4.78, 5) is 19.0. The highest BCUT2D eigenvalue weighted by atomic mass is 16.7. The normalized spacial score (nSPS) is 24.5. The molecule has 0 spiro atoms. The maximum absolute atomic E-state index is 11.9. The first kappa shape index (κ1) is 11.9. The minimum absolute atomic E-state index is 0.356. The fraction of sp³-hybridized carbons (Fsp3) is 0.917. The zero-order valence-corrected chi connectivity index (χ0v) is 10.3. The average molecular weight is 226 g/mol. The third kappa shape index (κ3) is 2.74. The SMILES string of the molecule is CON1CCC(CC(=O)N2CC(C)C2)CC1. The summed E-state index contributed by atoms with van der Waals surface area (Å²) >= 11 is 0. The van der Waals surface area contributed by atoms with Crippen LogP contribution in [0.15, 0.2) is 0 Å². The van der Waals surface area contributed by atoms with Crippen molar-refractivity contribution in [2.45, 2.75) is 26.2 Å². The van der Waals surface area contributed by atoms with Crippen molar-refractivity contribution in [3.63, 3.8) is 0 Å². The Hall–Kier alpha value is -0.610. The molecule has 0 bridgehead atoms. The van der Waals surface area contributed by atoms with Crippen molar-refractivity contribution in [1.82, 2.24) is 9.96 Å². The second-order valence-corrected chi connectivity index (χ2v) is 5.16. The molecule has 2 fully saturated rings.